The number of alkyl halides is 6. The Labute approximate surface area is 253 Å². The Kier molecular flexibility index (Phi) is 7.37. The van der Waals surface area contributed by atoms with Gasteiger partial charge in [0.15, 0.2) is 5.69 Å². The second-order valence-electron chi connectivity index (χ2n) is 10.1. The molecular formula is C34H16F6N4O. The lowest BCUT2D eigenvalue weighted by molar-refractivity contribution is -0.274. The number of hydrogen-bond donors (Lipinski definition) is 0. The van der Waals surface area contributed by atoms with Crippen LogP contribution >= 0.6 is 0 Å². The van der Waals surface area contributed by atoms with Gasteiger partial charge >= 0.3 is 12.5 Å². The van der Waals surface area contributed by atoms with Gasteiger partial charge in [-0.1, -0.05) is 30.3 Å². The van der Waals surface area contributed by atoms with E-state index in [0.717, 1.165) is 23.8 Å². The van der Waals surface area contributed by atoms with Gasteiger partial charge in [0.2, 0.25) is 0 Å². The fraction of sp³-hybridized carbons (Fsp3) is 0.118. The van der Waals surface area contributed by atoms with Crippen molar-refractivity contribution in [1.29, 1.82) is 10.5 Å². The molecule has 1 aliphatic carbocycles. The van der Waals surface area contributed by atoms with Crippen LogP contribution in [0.2, 0.25) is 0 Å². The van der Waals surface area contributed by atoms with Crippen molar-refractivity contribution in [3.8, 4) is 51.3 Å². The van der Waals surface area contributed by atoms with Crippen LogP contribution in [0.5, 0.6) is 5.75 Å². The van der Waals surface area contributed by atoms with Crippen molar-refractivity contribution in [1.82, 2.24) is 0 Å². The Morgan fingerprint density at radius 2 is 1.36 bits per heavy atom. The number of allylic oxidation sites excluding steroid dienone is 1. The van der Waals surface area contributed by atoms with Crippen LogP contribution in [0.3, 0.4) is 0 Å². The number of ether oxygens (including phenoxy) is 1. The molecule has 1 aliphatic rings. The molecule has 0 saturated heterocycles. The summed E-state index contributed by atoms with van der Waals surface area (Å²) in [5, 5.41) is 19.0. The van der Waals surface area contributed by atoms with Gasteiger partial charge < -0.3 is 4.74 Å². The summed E-state index contributed by atoms with van der Waals surface area (Å²) in [5.41, 5.74) is 1.35. The van der Waals surface area contributed by atoms with Gasteiger partial charge in [0.25, 0.3) is 5.70 Å². The van der Waals surface area contributed by atoms with Crippen LogP contribution in [-0.2, 0) is 6.18 Å². The van der Waals surface area contributed by atoms with Crippen LogP contribution in [0.1, 0.15) is 33.4 Å². The zero-order valence-corrected chi connectivity index (χ0v) is 23.2. The molecule has 0 saturated carbocycles. The first kappa shape index (κ1) is 30.4. The minimum absolute atomic E-state index is 0.0565. The van der Waals surface area contributed by atoms with Gasteiger partial charge in [-0.25, -0.2) is 15.0 Å². The number of benzene rings is 4. The van der Waals surface area contributed by atoms with Gasteiger partial charge in [-0.15, -0.1) is 13.2 Å². The highest BCUT2D eigenvalue weighted by molar-refractivity contribution is 6.06. The van der Waals surface area contributed by atoms with Gasteiger partial charge in [-0.3, -0.25) is 0 Å². The third-order valence-electron chi connectivity index (χ3n) is 7.38. The molecule has 4 aromatic rings. The van der Waals surface area contributed by atoms with Crippen molar-refractivity contribution >= 4 is 11.3 Å². The number of aryl methyl sites for hydroxylation is 2. The van der Waals surface area contributed by atoms with Crippen molar-refractivity contribution < 1.29 is 31.1 Å². The Morgan fingerprint density at radius 3 is 1.91 bits per heavy atom. The van der Waals surface area contributed by atoms with E-state index in [1.807, 2.05) is 0 Å². The van der Waals surface area contributed by atoms with E-state index in [1.54, 1.807) is 50.2 Å². The molecule has 0 radical (unpaired) electrons. The first-order chi connectivity index (χ1) is 21.2. The molecule has 0 aromatic heterocycles. The first-order valence-corrected chi connectivity index (χ1v) is 12.9. The van der Waals surface area contributed by atoms with E-state index in [9.17, 15) is 36.9 Å². The molecule has 0 atom stereocenters. The zero-order chi connectivity index (χ0) is 32.8. The van der Waals surface area contributed by atoms with Crippen molar-refractivity contribution in [2.75, 3.05) is 0 Å². The number of fused-ring (bicyclic) bond motifs is 3. The molecule has 0 unspecified atom stereocenters. The first-order valence-electron chi connectivity index (χ1n) is 12.9. The number of rotatable bonds is 3. The van der Waals surface area contributed by atoms with Gasteiger partial charge in [0.05, 0.1) is 36.4 Å². The molecule has 0 N–H and O–H groups in total. The van der Waals surface area contributed by atoms with E-state index in [1.165, 1.54) is 12.1 Å². The normalized spacial score (nSPS) is 13.1. The highest BCUT2D eigenvalue weighted by atomic mass is 19.4. The van der Waals surface area contributed by atoms with E-state index < -0.39 is 35.1 Å². The number of hydrogen-bond acceptors (Lipinski definition) is 3. The topological polar surface area (TPSA) is 65.5 Å². The summed E-state index contributed by atoms with van der Waals surface area (Å²) < 4.78 is 86.6. The molecule has 0 bridgehead atoms. The molecule has 0 fully saturated rings. The molecule has 11 heteroatoms. The Morgan fingerprint density at radius 1 is 0.733 bits per heavy atom. The Hall–Kier alpha value is -6.04. The summed E-state index contributed by atoms with van der Waals surface area (Å²) in [4.78, 5) is 6.76. The average Bonchev–Trinajstić information content (AvgIpc) is 3.27. The van der Waals surface area contributed by atoms with Crippen LogP contribution in [0.4, 0.5) is 32.0 Å². The Bertz CT molecular complexity index is 2120. The molecule has 0 aliphatic heterocycles. The molecule has 220 valence electrons. The van der Waals surface area contributed by atoms with Crippen LogP contribution in [0.25, 0.3) is 48.6 Å². The Balaban J connectivity index is 1.86. The van der Waals surface area contributed by atoms with Gasteiger partial charge in [-0.2, -0.15) is 18.4 Å². The second-order valence-corrected chi connectivity index (χ2v) is 10.1. The maximum Gasteiger partial charge on any atom is 0.573 e. The van der Waals surface area contributed by atoms with E-state index in [-0.39, 0.29) is 27.8 Å². The molecular weight excluding hydrogens is 594 g/mol. The van der Waals surface area contributed by atoms with Crippen LogP contribution in [-0.4, -0.2) is 6.36 Å². The number of halogens is 6. The van der Waals surface area contributed by atoms with Crippen molar-refractivity contribution in [3.05, 3.63) is 123 Å². The van der Waals surface area contributed by atoms with Crippen molar-refractivity contribution in [3.63, 3.8) is 0 Å². The lowest BCUT2D eigenvalue weighted by atomic mass is 9.92. The summed E-state index contributed by atoms with van der Waals surface area (Å²) >= 11 is 0. The standard InChI is InChI=1S/C34H16F6N4O/c1-17-10-26-24(12-22(17)19-7-8-29(43-3)18(2)9-19)25-13-23(20-5-6-21(15-41)28(11-20)33(35,36)37)31(45-34(38,39)40)14-27(25)32(26)30(16-42)44-4/h5-14H,1-2H3/b32-30+. The maximum absolute atomic E-state index is 13.8. The fourth-order valence-electron chi connectivity index (χ4n) is 5.42. The maximum atomic E-state index is 13.8. The third kappa shape index (κ3) is 5.44. The third-order valence-corrected chi connectivity index (χ3v) is 7.38. The van der Waals surface area contributed by atoms with E-state index >= 15 is 0 Å². The van der Waals surface area contributed by atoms with E-state index in [0.29, 0.717) is 39.6 Å². The molecule has 4 aromatic carbocycles. The highest BCUT2D eigenvalue weighted by Gasteiger charge is 2.37. The number of nitrogens with zero attached hydrogens (tertiary/aromatic N) is 4. The molecule has 0 spiro atoms. The van der Waals surface area contributed by atoms with E-state index in [2.05, 4.69) is 14.4 Å². The predicted molar refractivity (Wildman–Crippen MR) is 153 cm³/mol. The summed E-state index contributed by atoms with van der Waals surface area (Å²) in [5.74, 6) is -0.853. The van der Waals surface area contributed by atoms with Crippen molar-refractivity contribution in [2.24, 2.45) is 0 Å². The lowest BCUT2D eigenvalue weighted by Gasteiger charge is -2.18. The SMILES string of the molecule is [C-]#[N+]/C(C#N)=C1\c2cc(C)c(-c3ccc([N+]#[C-])c(C)c3)cc2-c2cc(-c3ccc(C#N)c(C(F)(F)F)c3)c(OC(F)(F)F)cc21. The number of nitriles is 2. The summed E-state index contributed by atoms with van der Waals surface area (Å²) in [6.45, 7) is 18.4. The van der Waals surface area contributed by atoms with Crippen molar-refractivity contribution in [2.45, 2.75) is 26.4 Å². The van der Waals surface area contributed by atoms with Crippen LogP contribution in [0.15, 0.2) is 66.4 Å². The minimum atomic E-state index is -5.24. The summed E-state index contributed by atoms with van der Waals surface area (Å²) in [6.07, 6.45) is -10.2. The zero-order valence-electron chi connectivity index (χ0n) is 23.2. The van der Waals surface area contributed by atoms with Gasteiger partial charge in [0.1, 0.15) is 5.75 Å². The summed E-state index contributed by atoms with van der Waals surface area (Å²) in [7, 11) is 0. The van der Waals surface area contributed by atoms with Gasteiger partial charge in [0, 0.05) is 11.1 Å². The molecule has 0 heterocycles. The minimum Gasteiger partial charge on any atom is -0.405 e. The quantitative estimate of drug-likeness (QED) is 0.116. The molecule has 5 rings (SSSR count). The predicted octanol–water partition coefficient (Wildman–Crippen LogP) is 10.2. The highest BCUT2D eigenvalue weighted by Crippen LogP contribution is 2.52. The average molecular weight is 611 g/mol. The molecule has 0 amide bonds. The lowest BCUT2D eigenvalue weighted by Crippen LogP contribution is -2.18. The summed E-state index contributed by atoms with van der Waals surface area (Å²) in [6, 6.07) is 16.6. The molecule has 45 heavy (non-hydrogen) atoms. The monoisotopic (exact) mass is 610 g/mol. The van der Waals surface area contributed by atoms with Crippen LogP contribution in [0, 0.1) is 49.7 Å². The second kappa shape index (κ2) is 10.9. The van der Waals surface area contributed by atoms with E-state index in [4.69, 9.17) is 13.1 Å². The van der Waals surface area contributed by atoms with Gasteiger partial charge in [-0.05, 0) is 94.3 Å². The smallest absolute Gasteiger partial charge is 0.405 e. The van der Waals surface area contributed by atoms with Crippen LogP contribution < -0.4 is 4.74 Å². The molecule has 5 nitrogen and oxygen atoms in total. The fourth-order valence-corrected chi connectivity index (χ4v) is 5.42. The largest absolute Gasteiger partial charge is 0.573 e.